The minimum absolute atomic E-state index is 0.257. The smallest absolute Gasteiger partial charge is 0.320 e. The molecule has 0 rings (SSSR count). The SMILES string of the molecule is COC(=O)CCS(=O)(=O)NCC(=O)OC. The van der Waals surface area contributed by atoms with Crippen LogP contribution >= 0.6 is 0 Å². The summed E-state index contributed by atoms with van der Waals surface area (Å²) in [7, 11) is -1.34. The van der Waals surface area contributed by atoms with E-state index in [1.165, 1.54) is 0 Å². The fourth-order valence-corrected chi connectivity index (χ4v) is 1.55. The zero-order valence-corrected chi connectivity index (χ0v) is 9.30. The second kappa shape index (κ2) is 6.36. The van der Waals surface area contributed by atoms with Gasteiger partial charge in [-0.25, -0.2) is 13.1 Å². The average Bonchev–Trinajstić information content (AvgIpc) is 2.22. The molecule has 0 amide bonds. The summed E-state index contributed by atoms with van der Waals surface area (Å²) in [6, 6.07) is 0. The lowest BCUT2D eigenvalue weighted by atomic mass is 10.5. The molecule has 0 aromatic carbocycles. The van der Waals surface area contributed by atoms with Crippen molar-refractivity contribution in [1.82, 2.24) is 4.72 Å². The average molecular weight is 239 g/mol. The number of rotatable bonds is 6. The van der Waals surface area contributed by atoms with E-state index in [1.807, 2.05) is 4.72 Å². The normalized spacial score (nSPS) is 10.8. The maximum atomic E-state index is 11.1. The number of hydrogen-bond acceptors (Lipinski definition) is 6. The van der Waals surface area contributed by atoms with Crippen molar-refractivity contribution in [3.8, 4) is 0 Å². The predicted molar refractivity (Wildman–Crippen MR) is 50.4 cm³/mol. The third-order valence-corrected chi connectivity index (χ3v) is 2.79. The van der Waals surface area contributed by atoms with E-state index in [-0.39, 0.29) is 6.42 Å². The first-order valence-corrected chi connectivity index (χ1v) is 5.67. The molecule has 0 saturated heterocycles. The first-order valence-electron chi connectivity index (χ1n) is 4.02. The number of ether oxygens (including phenoxy) is 2. The van der Waals surface area contributed by atoms with Gasteiger partial charge in [-0.15, -0.1) is 0 Å². The highest BCUT2D eigenvalue weighted by atomic mass is 32.2. The van der Waals surface area contributed by atoms with E-state index in [2.05, 4.69) is 9.47 Å². The topological polar surface area (TPSA) is 98.8 Å². The monoisotopic (exact) mass is 239 g/mol. The molecule has 0 aliphatic heterocycles. The number of sulfonamides is 1. The second-order valence-corrected chi connectivity index (χ2v) is 4.47. The van der Waals surface area contributed by atoms with Crippen molar-refractivity contribution >= 4 is 22.0 Å². The number of nitrogens with one attached hydrogen (secondary N) is 1. The number of hydrogen-bond donors (Lipinski definition) is 1. The summed E-state index contributed by atoms with van der Waals surface area (Å²) >= 11 is 0. The summed E-state index contributed by atoms with van der Waals surface area (Å²) < 4.78 is 32.8. The van der Waals surface area contributed by atoms with Crippen LogP contribution < -0.4 is 4.72 Å². The Morgan fingerprint density at radius 2 is 1.67 bits per heavy atom. The van der Waals surface area contributed by atoms with Crippen LogP contribution in [0.3, 0.4) is 0 Å². The van der Waals surface area contributed by atoms with E-state index in [9.17, 15) is 18.0 Å². The van der Waals surface area contributed by atoms with Crippen LogP contribution in [0.1, 0.15) is 6.42 Å². The molecule has 15 heavy (non-hydrogen) atoms. The molecule has 0 bridgehead atoms. The summed E-state index contributed by atoms with van der Waals surface area (Å²) in [6.45, 7) is -0.444. The Hall–Kier alpha value is -1.15. The van der Waals surface area contributed by atoms with Gasteiger partial charge in [0, 0.05) is 0 Å². The fraction of sp³-hybridized carbons (Fsp3) is 0.714. The molecule has 0 saturated carbocycles. The third kappa shape index (κ3) is 6.86. The molecule has 8 heteroatoms. The van der Waals surface area contributed by atoms with E-state index >= 15 is 0 Å². The molecule has 7 nitrogen and oxygen atoms in total. The molecular formula is C7H13NO6S. The van der Waals surface area contributed by atoms with Crippen molar-refractivity contribution in [2.45, 2.75) is 6.42 Å². The van der Waals surface area contributed by atoms with Crippen LogP contribution in [0.2, 0.25) is 0 Å². The first kappa shape index (κ1) is 13.8. The van der Waals surface area contributed by atoms with E-state index in [0.29, 0.717) is 0 Å². The Morgan fingerprint density at radius 3 is 2.13 bits per heavy atom. The van der Waals surface area contributed by atoms with Crippen LogP contribution in [-0.4, -0.2) is 46.9 Å². The molecule has 1 N–H and O–H groups in total. The molecule has 0 atom stereocenters. The van der Waals surface area contributed by atoms with Crippen molar-refractivity contribution in [1.29, 1.82) is 0 Å². The van der Waals surface area contributed by atoms with Gasteiger partial charge >= 0.3 is 11.9 Å². The minimum Gasteiger partial charge on any atom is -0.469 e. The summed E-state index contributed by atoms with van der Waals surface area (Å²) in [4.78, 5) is 21.3. The second-order valence-electron chi connectivity index (χ2n) is 2.54. The Morgan fingerprint density at radius 1 is 1.13 bits per heavy atom. The van der Waals surface area contributed by atoms with Gasteiger partial charge in [-0.3, -0.25) is 9.59 Å². The molecular weight excluding hydrogens is 226 g/mol. The van der Waals surface area contributed by atoms with Crippen molar-refractivity contribution < 1.29 is 27.5 Å². The highest BCUT2D eigenvalue weighted by molar-refractivity contribution is 7.89. The maximum absolute atomic E-state index is 11.1. The highest BCUT2D eigenvalue weighted by Crippen LogP contribution is 1.91. The van der Waals surface area contributed by atoms with Crippen molar-refractivity contribution in [2.24, 2.45) is 0 Å². The Balaban J connectivity index is 3.98. The van der Waals surface area contributed by atoms with Gasteiger partial charge in [0.05, 0.1) is 26.4 Å². The van der Waals surface area contributed by atoms with E-state index in [4.69, 9.17) is 0 Å². The minimum atomic E-state index is -3.64. The van der Waals surface area contributed by atoms with Gasteiger partial charge < -0.3 is 9.47 Å². The van der Waals surface area contributed by atoms with Crippen molar-refractivity contribution in [3.63, 3.8) is 0 Å². The van der Waals surface area contributed by atoms with Crippen LogP contribution in [0.15, 0.2) is 0 Å². The van der Waals surface area contributed by atoms with E-state index in [0.717, 1.165) is 14.2 Å². The zero-order valence-electron chi connectivity index (χ0n) is 8.48. The van der Waals surface area contributed by atoms with Crippen LogP contribution in [0.25, 0.3) is 0 Å². The van der Waals surface area contributed by atoms with Crippen LogP contribution in [-0.2, 0) is 29.1 Å². The Labute approximate surface area is 87.8 Å². The summed E-state index contributed by atoms with van der Waals surface area (Å²) in [5, 5.41) is 0. The van der Waals surface area contributed by atoms with Crippen molar-refractivity contribution in [3.05, 3.63) is 0 Å². The molecule has 0 aromatic heterocycles. The molecule has 0 spiro atoms. The van der Waals surface area contributed by atoms with Crippen molar-refractivity contribution in [2.75, 3.05) is 26.5 Å². The van der Waals surface area contributed by atoms with Crippen LogP contribution in [0.5, 0.6) is 0 Å². The highest BCUT2D eigenvalue weighted by Gasteiger charge is 2.14. The van der Waals surface area contributed by atoms with Crippen LogP contribution in [0, 0.1) is 0 Å². The van der Waals surface area contributed by atoms with E-state index in [1.54, 1.807) is 0 Å². The lowest BCUT2D eigenvalue weighted by Gasteiger charge is -2.04. The fourth-order valence-electron chi connectivity index (χ4n) is 0.633. The number of esters is 2. The molecule has 88 valence electrons. The molecule has 0 radical (unpaired) electrons. The largest absolute Gasteiger partial charge is 0.469 e. The summed E-state index contributed by atoms with van der Waals surface area (Å²) in [5.41, 5.74) is 0. The van der Waals surface area contributed by atoms with Gasteiger partial charge in [0.2, 0.25) is 10.0 Å². The maximum Gasteiger partial charge on any atom is 0.320 e. The lowest BCUT2D eigenvalue weighted by Crippen LogP contribution is -2.32. The van der Waals surface area contributed by atoms with E-state index < -0.39 is 34.3 Å². The van der Waals surface area contributed by atoms with Gasteiger partial charge in [0.1, 0.15) is 6.54 Å². The number of carbonyl (C=O) groups is 2. The van der Waals surface area contributed by atoms with Gasteiger partial charge in [-0.2, -0.15) is 0 Å². The van der Waals surface area contributed by atoms with Gasteiger partial charge in [0.25, 0.3) is 0 Å². The molecule has 0 aliphatic carbocycles. The van der Waals surface area contributed by atoms with Gasteiger partial charge in [0.15, 0.2) is 0 Å². The quantitative estimate of drug-likeness (QED) is 0.575. The molecule has 0 unspecified atom stereocenters. The summed E-state index contributed by atoms with van der Waals surface area (Å²) in [5.74, 6) is -1.74. The zero-order chi connectivity index (χ0) is 11.9. The molecule has 0 aliphatic rings. The predicted octanol–water partition coefficient (Wildman–Crippen LogP) is -1.36. The molecule has 0 aromatic rings. The number of carbonyl (C=O) groups excluding carboxylic acids is 2. The molecule has 0 heterocycles. The summed E-state index contributed by atoms with van der Waals surface area (Å²) in [6.07, 6.45) is -0.257. The Kier molecular flexibility index (Phi) is 5.87. The third-order valence-electron chi connectivity index (χ3n) is 1.47. The van der Waals surface area contributed by atoms with Gasteiger partial charge in [-0.05, 0) is 0 Å². The lowest BCUT2D eigenvalue weighted by molar-refractivity contribution is -0.140. The van der Waals surface area contributed by atoms with Crippen LogP contribution in [0.4, 0.5) is 0 Å². The standard InChI is InChI=1S/C7H13NO6S/c1-13-6(9)3-4-15(11,12)8-5-7(10)14-2/h8H,3-5H2,1-2H3. The van der Waals surface area contributed by atoms with Gasteiger partial charge in [-0.1, -0.05) is 0 Å². The molecule has 0 fully saturated rings. The Bertz CT molecular complexity index is 296. The first-order chi connectivity index (χ1) is 6.91. The number of methoxy groups -OCH3 is 2.